The third-order valence-corrected chi connectivity index (χ3v) is 5.43. The van der Waals surface area contributed by atoms with Gasteiger partial charge in [0, 0.05) is 37.3 Å². The molecule has 1 aliphatic heterocycles. The molecule has 1 unspecified atom stereocenters. The Morgan fingerprint density at radius 2 is 1.68 bits per heavy atom. The summed E-state index contributed by atoms with van der Waals surface area (Å²) in [7, 11) is 0. The summed E-state index contributed by atoms with van der Waals surface area (Å²) in [5.74, 6) is 0. The number of piperidine rings is 1. The van der Waals surface area contributed by atoms with Gasteiger partial charge in [-0.3, -0.25) is 0 Å². The highest BCUT2D eigenvalue weighted by molar-refractivity contribution is 7.90. The first-order chi connectivity index (χ1) is 11.2. The van der Waals surface area contributed by atoms with Crippen LogP contribution in [-0.4, -0.2) is 57.1 Å². The van der Waals surface area contributed by atoms with Gasteiger partial charge in [-0.2, -0.15) is 0 Å². The van der Waals surface area contributed by atoms with Gasteiger partial charge in [-0.1, -0.05) is 0 Å². The first-order valence-electron chi connectivity index (χ1n) is 8.29. The van der Waals surface area contributed by atoms with Gasteiger partial charge in [-0.15, -0.1) is 4.72 Å². The normalized spacial score (nSPS) is 21.2. The molecule has 0 spiro atoms. The lowest BCUT2D eigenvalue weighted by atomic mass is 9.86. The monoisotopic (exact) mass is 386 g/mol. The Balaban J connectivity index is 2.76. The predicted octanol–water partition coefficient (Wildman–Crippen LogP) is 3.41. The smallest absolute Gasteiger partial charge is 0.410 e. The number of nitrogens with zero attached hydrogens (tertiary/aromatic N) is 1. The van der Waals surface area contributed by atoms with Crippen LogP contribution < -0.4 is 4.72 Å². The molecule has 5 nitrogen and oxygen atoms in total. The molecule has 1 aliphatic rings. The van der Waals surface area contributed by atoms with Gasteiger partial charge in [0.15, 0.2) is 0 Å². The number of carbonyl (C=O) groups excluding carboxylic acids is 1. The fraction of sp³-hybridized carbons (Fsp3) is 0.938. The highest BCUT2D eigenvalue weighted by Gasteiger charge is 2.50. The van der Waals surface area contributed by atoms with Crippen molar-refractivity contribution in [3.8, 4) is 0 Å². The van der Waals surface area contributed by atoms with Gasteiger partial charge in [0.25, 0.3) is 6.43 Å². The van der Waals surface area contributed by atoms with Crippen molar-refractivity contribution in [3.63, 3.8) is 0 Å². The molecule has 0 saturated carbocycles. The van der Waals surface area contributed by atoms with Crippen LogP contribution in [0.1, 0.15) is 54.4 Å². The summed E-state index contributed by atoms with van der Waals surface area (Å²) >= 11 is -1.82. The summed E-state index contributed by atoms with van der Waals surface area (Å²) in [5.41, 5.74) is -2.93. The number of amides is 1. The van der Waals surface area contributed by atoms with E-state index in [4.69, 9.17) is 4.74 Å². The minimum absolute atomic E-state index is 0.0293. The lowest BCUT2D eigenvalue weighted by molar-refractivity contribution is -0.0364. The van der Waals surface area contributed by atoms with Crippen molar-refractivity contribution in [1.29, 1.82) is 0 Å². The summed E-state index contributed by atoms with van der Waals surface area (Å²) in [6.45, 7) is 9.95. The molecule has 0 aliphatic carbocycles. The van der Waals surface area contributed by atoms with Gasteiger partial charge >= 0.3 is 6.09 Å². The second kappa shape index (κ2) is 7.92. The van der Waals surface area contributed by atoms with Gasteiger partial charge in [0.2, 0.25) is 0 Å². The van der Waals surface area contributed by atoms with E-state index in [1.54, 1.807) is 41.5 Å². The zero-order valence-corrected chi connectivity index (χ0v) is 16.5. The molecule has 0 radical (unpaired) electrons. The molecule has 0 aromatic heterocycles. The predicted molar refractivity (Wildman–Crippen MR) is 91.7 cm³/mol. The summed E-state index contributed by atoms with van der Waals surface area (Å²) in [6, 6.07) is -1.85. The molecule has 1 fully saturated rings. The van der Waals surface area contributed by atoms with Crippen LogP contribution in [0.4, 0.5) is 18.0 Å². The minimum atomic E-state index is -3.01. The van der Waals surface area contributed by atoms with Crippen molar-refractivity contribution in [1.82, 2.24) is 9.62 Å². The first kappa shape index (κ1) is 22.4. The molecule has 1 heterocycles. The molecular formula is C16H29F3N2O3S. The third kappa shape index (κ3) is 6.53. The van der Waals surface area contributed by atoms with E-state index in [9.17, 15) is 18.1 Å². The lowest BCUT2D eigenvalue weighted by Gasteiger charge is -2.41. The standard InChI is InChI=1S/C16H29F3N2O3S/c1-14(2,3)24-13(22)21-9-7-16(19,8-10-21)11(12(17)18)20-25(23)15(4,5)6/h11-12,20H,7-10H2,1-6H3/t11?,25-/m0/s1. The first-order valence-corrected chi connectivity index (χ1v) is 9.44. The van der Waals surface area contributed by atoms with Crippen molar-refractivity contribution in [2.75, 3.05) is 13.1 Å². The van der Waals surface area contributed by atoms with E-state index in [1.807, 2.05) is 0 Å². The number of nitrogens with one attached hydrogen (secondary N) is 1. The second-order valence-electron chi connectivity index (χ2n) is 8.31. The van der Waals surface area contributed by atoms with Crippen molar-refractivity contribution < 1.29 is 27.3 Å². The van der Waals surface area contributed by atoms with Crippen LogP contribution in [-0.2, 0) is 16.1 Å². The van der Waals surface area contributed by atoms with Crippen molar-refractivity contribution in [2.45, 2.75) is 82.9 Å². The van der Waals surface area contributed by atoms with Crippen LogP contribution in [0.25, 0.3) is 0 Å². The molecule has 1 amide bonds. The van der Waals surface area contributed by atoms with Crippen LogP contribution in [0.2, 0.25) is 0 Å². The Bertz CT molecular complexity index is 459. The van der Waals surface area contributed by atoms with Crippen LogP contribution in [0, 0.1) is 0 Å². The highest BCUT2D eigenvalue weighted by Crippen LogP contribution is 2.34. The van der Waals surface area contributed by atoms with Gasteiger partial charge in [-0.05, 0) is 41.5 Å². The Hall–Kier alpha value is -0.670. The van der Waals surface area contributed by atoms with Gasteiger partial charge in [-0.25, -0.2) is 18.0 Å². The average Bonchev–Trinajstić information content (AvgIpc) is 2.41. The van der Waals surface area contributed by atoms with Crippen LogP contribution >= 0.6 is 0 Å². The van der Waals surface area contributed by atoms with E-state index >= 15 is 4.39 Å². The fourth-order valence-electron chi connectivity index (χ4n) is 2.37. The summed E-state index contributed by atoms with van der Waals surface area (Å²) in [6.07, 6.45) is -4.13. The zero-order chi connectivity index (χ0) is 19.6. The number of halogens is 3. The van der Waals surface area contributed by atoms with E-state index in [2.05, 4.69) is 4.72 Å². The molecular weight excluding hydrogens is 357 g/mol. The van der Waals surface area contributed by atoms with E-state index in [-0.39, 0.29) is 25.9 Å². The Morgan fingerprint density at radius 1 is 1.20 bits per heavy atom. The SMILES string of the molecule is CC(C)(C)OC(=O)N1CCC(F)(C(N[S@@+]([O-])C(C)(C)C)C(F)F)CC1. The maximum absolute atomic E-state index is 15.2. The number of rotatable bonds is 4. The van der Waals surface area contributed by atoms with Crippen LogP contribution in [0.3, 0.4) is 0 Å². The average molecular weight is 386 g/mol. The highest BCUT2D eigenvalue weighted by atomic mass is 32.2. The number of likely N-dealkylation sites (tertiary alicyclic amines) is 1. The molecule has 2 atom stereocenters. The number of ether oxygens (including phenoxy) is 1. The van der Waals surface area contributed by atoms with Crippen LogP contribution in [0.5, 0.6) is 0 Å². The van der Waals surface area contributed by atoms with Gasteiger partial charge < -0.3 is 14.2 Å². The molecule has 0 aromatic rings. The second-order valence-corrected chi connectivity index (χ2v) is 10.3. The molecule has 148 valence electrons. The maximum atomic E-state index is 15.2. The quantitative estimate of drug-likeness (QED) is 0.752. The van der Waals surface area contributed by atoms with E-state index in [0.717, 1.165) is 0 Å². The van der Waals surface area contributed by atoms with Crippen molar-refractivity contribution >= 4 is 17.5 Å². The molecule has 1 saturated heterocycles. The molecule has 1 N–H and O–H groups in total. The number of alkyl halides is 3. The van der Waals surface area contributed by atoms with Gasteiger partial charge in [0.05, 0.1) is 0 Å². The molecule has 0 aromatic carbocycles. The van der Waals surface area contributed by atoms with Crippen molar-refractivity contribution in [2.24, 2.45) is 0 Å². The molecule has 1 rings (SSSR count). The maximum Gasteiger partial charge on any atom is 0.410 e. The van der Waals surface area contributed by atoms with E-state index in [0.29, 0.717) is 0 Å². The Kier molecular flexibility index (Phi) is 7.09. The lowest BCUT2D eigenvalue weighted by Crippen LogP contribution is -2.60. The largest absolute Gasteiger partial charge is 0.598 e. The topological polar surface area (TPSA) is 64.6 Å². The molecule has 25 heavy (non-hydrogen) atoms. The fourth-order valence-corrected chi connectivity index (χ4v) is 3.27. The Morgan fingerprint density at radius 3 is 2.04 bits per heavy atom. The minimum Gasteiger partial charge on any atom is -0.598 e. The van der Waals surface area contributed by atoms with Gasteiger partial charge in [0.1, 0.15) is 22.1 Å². The number of carbonyl (C=O) groups is 1. The van der Waals surface area contributed by atoms with E-state index < -0.39 is 45.9 Å². The molecule has 9 heteroatoms. The number of hydrogen-bond donors (Lipinski definition) is 1. The number of hydrogen-bond acceptors (Lipinski definition) is 4. The summed E-state index contributed by atoms with van der Waals surface area (Å²) in [4.78, 5) is 13.3. The summed E-state index contributed by atoms with van der Waals surface area (Å²) < 4.78 is 60.8. The van der Waals surface area contributed by atoms with Crippen molar-refractivity contribution in [3.05, 3.63) is 0 Å². The zero-order valence-electron chi connectivity index (χ0n) is 15.7. The molecule has 0 bridgehead atoms. The Labute approximate surface area is 151 Å². The van der Waals surface area contributed by atoms with E-state index in [1.165, 1.54) is 4.90 Å². The third-order valence-electron chi connectivity index (χ3n) is 3.85. The van der Waals surface area contributed by atoms with Crippen LogP contribution in [0.15, 0.2) is 0 Å². The summed E-state index contributed by atoms with van der Waals surface area (Å²) in [5, 5.41) is 0.